The zero-order chi connectivity index (χ0) is 12.2. The first-order valence-electron chi connectivity index (χ1n) is 5.52. The third-order valence-electron chi connectivity index (χ3n) is 3.57. The molecule has 2 aliphatic rings. The van der Waals surface area contributed by atoms with E-state index in [1.165, 1.54) is 0 Å². The molecule has 2 aliphatic heterocycles. The van der Waals surface area contributed by atoms with Crippen molar-refractivity contribution >= 4 is 28.9 Å². The van der Waals surface area contributed by atoms with E-state index in [0.717, 1.165) is 27.9 Å². The minimum atomic E-state index is -0.367. The monoisotopic (exact) mass is 268 g/mol. The van der Waals surface area contributed by atoms with Gasteiger partial charge >= 0.3 is 0 Å². The zero-order valence-corrected chi connectivity index (χ0v) is 11.2. The Hall–Kier alpha value is -1.00. The number of benzene rings is 1. The van der Waals surface area contributed by atoms with Crippen molar-refractivity contribution < 1.29 is 4.74 Å². The van der Waals surface area contributed by atoms with Crippen molar-refractivity contribution in [1.82, 2.24) is 10.2 Å². The summed E-state index contributed by atoms with van der Waals surface area (Å²) in [5, 5.41) is 4.77. The molecule has 2 bridgehead atoms. The minimum absolute atomic E-state index is 0.186. The van der Waals surface area contributed by atoms with Crippen LogP contribution >= 0.6 is 23.8 Å². The number of ether oxygens (including phenoxy) is 1. The van der Waals surface area contributed by atoms with Gasteiger partial charge in [0.05, 0.1) is 6.04 Å². The molecule has 5 heteroatoms. The fourth-order valence-corrected chi connectivity index (χ4v) is 2.96. The highest BCUT2D eigenvalue weighted by Crippen LogP contribution is 2.44. The summed E-state index contributed by atoms with van der Waals surface area (Å²) in [5.41, 5.74) is 0.721. The Balaban J connectivity index is 2.11. The fourth-order valence-electron chi connectivity index (χ4n) is 2.45. The fraction of sp³-hybridized carbons (Fsp3) is 0.417. The summed E-state index contributed by atoms with van der Waals surface area (Å²) >= 11 is 11.3. The van der Waals surface area contributed by atoms with Gasteiger partial charge in [-0.05, 0) is 37.3 Å². The van der Waals surface area contributed by atoms with Crippen molar-refractivity contribution in [3.63, 3.8) is 0 Å². The third-order valence-corrected chi connectivity index (χ3v) is 4.20. The Labute approximate surface area is 111 Å². The summed E-state index contributed by atoms with van der Waals surface area (Å²) in [6, 6.07) is 5.91. The number of nitrogens with zero attached hydrogens (tertiary/aromatic N) is 1. The summed E-state index contributed by atoms with van der Waals surface area (Å²) in [7, 11) is 1.95. The van der Waals surface area contributed by atoms with Crippen LogP contribution in [0.1, 0.15) is 24.9 Å². The number of fused-ring (bicyclic) bond motifs is 4. The van der Waals surface area contributed by atoms with Crippen LogP contribution in [0.15, 0.2) is 18.2 Å². The highest BCUT2D eigenvalue weighted by atomic mass is 35.5. The van der Waals surface area contributed by atoms with Gasteiger partial charge in [0.25, 0.3) is 0 Å². The van der Waals surface area contributed by atoms with Gasteiger partial charge in [-0.1, -0.05) is 11.6 Å². The van der Waals surface area contributed by atoms with Gasteiger partial charge in [0.15, 0.2) is 10.8 Å². The lowest BCUT2D eigenvalue weighted by atomic mass is 9.91. The van der Waals surface area contributed by atoms with Crippen molar-refractivity contribution in [2.75, 3.05) is 7.05 Å². The zero-order valence-electron chi connectivity index (χ0n) is 9.66. The predicted molar refractivity (Wildman–Crippen MR) is 71.3 cm³/mol. The Morgan fingerprint density at radius 2 is 2.35 bits per heavy atom. The smallest absolute Gasteiger partial charge is 0.183 e. The molecule has 17 heavy (non-hydrogen) atoms. The van der Waals surface area contributed by atoms with Crippen molar-refractivity contribution in [1.29, 1.82) is 0 Å². The lowest BCUT2D eigenvalue weighted by Crippen LogP contribution is -2.63. The topological polar surface area (TPSA) is 24.5 Å². The van der Waals surface area contributed by atoms with Crippen LogP contribution in [0.2, 0.25) is 5.02 Å². The maximum absolute atomic E-state index is 6.07. The molecule has 0 radical (unpaired) electrons. The Bertz CT molecular complexity index is 507. The van der Waals surface area contributed by atoms with E-state index >= 15 is 0 Å². The van der Waals surface area contributed by atoms with Crippen LogP contribution in [0.4, 0.5) is 0 Å². The van der Waals surface area contributed by atoms with E-state index in [9.17, 15) is 0 Å². The highest BCUT2D eigenvalue weighted by Gasteiger charge is 2.45. The van der Waals surface area contributed by atoms with Crippen molar-refractivity contribution in [2.24, 2.45) is 0 Å². The quantitative estimate of drug-likeness (QED) is 0.732. The lowest BCUT2D eigenvalue weighted by molar-refractivity contribution is -0.0561. The van der Waals surface area contributed by atoms with Gasteiger partial charge in [-0.2, -0.15) is 0 Å². The van der Waals surface area contributed by atoms with Crippen LogP contribution in [-0.4, -0.2) is 22.8 Å². The van der Waals surface area contributed by atoms with Gasteiger partial charge < -0.3 is 15.0 Å². The van der Waals surface area contributed by atoms with Crippen LogP contribution in [0.5, 0.6) is 5.75 Å². The second-order valence-electron chi connectivity index (χ2n) is 4.72. The van der Waals surface area contributed by atoms with Crippen LogP contribution in [0, 0.1) is 0 Å². The van der Waals surface area contributed by atoms with Crippen LogP contribution < -0.4 is 10.1 Å². The average Bonchev–Trinajstić information content (AvgIpc) is 2.27. The molecule has 1 aromatic carbocycles. The molecule has 1 N–H and O–H groups in total. The van der Waals surface area contributed by atoms with E-state index in [1.54, 1.807) is 0 Å². The highest BCUT2D eigenvalue weighted by molar-refractivity contribution is 7.80. The molecule has 0 aliphatic carbocycles. The first-order valence-corrected chi connectivity index (χ1v) is 6.31. The summed E-state index contributed by atoms with van der Waals surface area (Å²) in [6.07, 6.45) is 0.858. The molecule has 0 aromatic heterocycles. The molecule has 3 nitrogen and oxygen atoms in total. The van der Waals surface area contributed by atoms with Gasteiger partial charge in [0.2, 0.25) is 0 Å². The molecule has 90 valence electrons. The summed E-state index contributed by atoms with van der Waals surface area (Å²) < 4.78 is 6.07. The molecule has 0 amide bonds. The SMILES string of the molecule is CN1C(=S)NC2CC1(C)Oc1ccc(Cl)cc12. The molecule has 1 aromatic rings. The molecule has 1 fully saturated rings. The maximum Gasteiger partial charge on any atom is 0.183 e. The first kappa shape index (κ1) is 11.1. The van der Waals surface area contributed by atoms with Gasteiger partial charge in [-0.25, -0.2) is 0 Å². The third kappa shape index (κ3) is 1.58. The molecule has 2 atom stereocenters. The van der Waals surface area contributed by atoms with E-state index in [2.05, 4.69) is 12.2 Å². The molecular weight excluding hydrogens is 256 g/mol. The molecule has 0 spiro atoms. The van der Waals surface area contributed by atoms with Gasteiger partial charge in [-0.15, -0.1) is 0 Å². The Morgan fingerprint density at radius 1 is 1.59 bits per heavy atom. The predicted octanol–water partition coefficient (Wildman–Crippen LogP) is 2.70. The summed E-state index contributed by atoms with van der Waals surface area (Å²) in [6.45, 7) is 2.06. The molecule has 2 unspecified atom stereocenters. The van der Waals surface area contributed by atoms with Gasteiger partial charge in [0, 0.05) is 24.1 Å². The number of hydrogen-bond donors (Lipinski definition) is 1. The first-order chi connectivity index (χ1) is 7.99. The molecular formula is C12H13ClN2OS. The molecule has 3 rings (SSSR count). The van der Waals surface area contributed by atoms with Gasteiger partial charge in [-0.3, -0.25) is 0 Å². The van der Waals surface area contributed by atoms with E-state index in [1.807, 2.05) is 30.1 Å². The standard InChI is InChI=1S/C12H13ClN2OS/c1-12-6-9(14-11(17)15(12)2)8-5-7(13)3-4-10(8)16-12/h3-5,9H,6H2,1-2H3,(H,14,17). The second kappa shape index (κ2) is 3.50. The lowest BCUT2D eigenvalue weighted by Gasteiger charge is -2.50. The van der Waals surface area contributed by atoms with Crippen molar-refractivity contribution in [2.45, 2.75) is 25.1 Å². The molecule has 2 heterocycles. The average molecular weight is 269 g/mol. The van der Waals surface area contributed by atoms with Crippen LogP contribution in [-0.2, 0) is 0 Å². The van der Waals surface area contributed by atoms with E-state index in [-0.39, 0.29) is 11.8 Å². The van der Waals surface area contributed by atoms with Crippen molar-refractivity contribution in [3.8, 4) is 5.75 Å². The Kier molecular flexibility index (Phi) is 2.28. The van der Waals surface area contributed by atoms with Crippen molar-refractivity contribution in [3.05, 3.63) is 28.8 Å². The maximum atomic E-state index is 6.07. The second-order valence-corrected chi connectivity index (χ2v) is 5.55. The molecule has 1 saturated heterocycles. The summed E-state index contributed by atoms with van der Waals surface area (Å²) in [5.74, 6) is 0.884. The molecule has 0 saturated carbocycles. The number of nitrogens with one attached hydrogen (secondary N) is 1. The Morgan fingerprint density at radius 3 is 3.12 bits per heavy atom. The van der Waals surface area contributed by atoms with E-state index in [0.29, 0.717) is 0 Å². The number of rotatable bonds is 0. The van der Waals surface area contributed by atoms with E-state index < -0.39 is 0 Å². The number of halogens is 1. The van der Waals surface area contributed by atoms with Crippen LogP contribution in [0.25, 0.3) is 0 Å². The van der Waals surface area contributed by atoms with Gasteiger partial charge in [0.1, 0.15) is 5.75 Å². The van der Waals surface area contributed by atoms with Crippen LogP contribution in [0.3, 0.4) is 0 Å². The number of thiocarbonyl (C=S) groups is 1. The normalized spacial score (nSPS) is 30.4. The minimum Gasteiger partial charge on any atom is -0.468 e. The van der Waals surface area contributed by atoms with E-state index in [4.69, 9.17) is 28.6 Å². The summed E-state index contributed by atoms with van der Waals surface area (Å²) in [4.78, 5) is 1.97. The largest absolute Gasteiger partial charge is 0.468 e. The number of hydrogen-bond acceptors (Lipinski definition) is 2.